The average molecular weight is 340 g/mol. The van der Waals surface area contributed by atoms with Gasteiger partial charge >= 0.3 is 0 Å². The molecule has 3 rings (SSSR count). The Balaban J connectivity index is 1.45. The third-order valence-corrected chi connectivity index (χ3v) is 6.08. The van der Waals surface area contributed by atoms with Crippen molar-refractivity contribution in [3.8, 4) is 0 Å². The first-order chi connectivity index (χ1) is 11.0. The predicted octanol–water partition coefficient (Wildman–Crippen LogP) is 3.02. The molecule has 1 aromatic carbocycles. The van der Waals surface area contributed by atoms with E-state index in [-0.39, 0.29) is 17.3 Å². The smallest absolute Gasteiger partial charge is 0.296 e. The van der Waals surface area contributed by atoms with Crippen LogP contribution in [-0.4, -0.2) is 34.0 Å². The van der Waals surface area contributed by atoms with Gasteiger partial charge in [-0.25, -0.2) is 0 Å². The zero-order valence-electron chi connectivity index (χ0n) is 13.5. The molecule has 5 nitrogen and oxygen atoms in total. The molecule has 0 aromatic heterocycles. The maximum atomic E-state index is 12.1. The van der Waals surface area contributed by atoms with Crippen LogP contribution in [0, 0.1) is 12.8 Å². The van der Waals surface area contributed by atoms with Crippen molar-refractivity contribution in [2.45, 2.75) is 49.7 Å². The molecule has 6 heteroatoms. The topological polar surface area (TPSA) is 61.8 Å². The summed E-state index contributed by atoms with van der Waals surface area (Å²) < 4.78 is 40.9. The van der Waals surface area contributed by atoms with Crippen LogP contribution in [0.15, 0.2) is 29.2 Å². The highest BCUT2D eigenvalue weighted by atomic mass is 32.2. The molecule has 1 aromatic rings. The van der Waals surface area contributed by atoms with Gasteiger partial charge in [-0.15, -0.1) is 0 Å². The van der Waals surface area contributed by atoms with Crippen molar-refractivity contribution in [1.82, 2.24) is 0 Å². The number of ether oxygens (including phenoxy) is 2. The molecule has 128 valence electrons. The zero-order valence-corrected chi connectivity index (χ0v) is 14.3. The summed E-state index contributed by atoms with van der Waals surface area (Å²) in [7, 11) is -3.65. The van der Waals surface area contributed by atoms with Gasteiger partial charge in [0.05, 0.1) is 24.7 Å². The minimum Gasteiger partial charge on any atom is -0.348 e. The van der Waals surface area contributed by atoms with Crippen molar-refractivity contribution < 1.29 is 22.1 Å². The van der Waals surface area contributed by atoms with Crippen molar-refractivity contribution in [2.24, 2.45) is 5.92 Å². The minimum atomic E-state index is -3.65. The van der Waals surface area contributed by atoms with Gasteiger partial charge in [0, 0.05) is 12.8 Å². The molecule has 0 unspecified atom stereocenters. The fraction of sp³-hybridized carbons (Fsp3) is 0.647. The summed E-state index contributed by atoms with van der Waals surface area (Å²) in [6, 6.07) is 6.73. The first-order valence-electron chi connectivity index (χ1n) is 8.23. The summed E-state index contributed by atoms with van der Waals surface area (Å²) in [5, 5.41) is 0. The lowest BCUT2D eigenvalue weighted by molar-refractivity contribution is -0.182. The molecule has 0 amide bonds. The lowest BCUT2D eigenvalue weighted by Crippen LogP contribution is -2.35. The molecule has 0 radical (unpaired) electrons. The van der Waals surface area contributed by atoms with E-state index in [0.29, 0.717) is 19.1 Å². The fourth-order valence-electron chi connectivity index (χ4n) is 3.29. The molecular weight excluding hydrogens is 316 g/mol. The van der Waals surface area contributed by atoms with Crippen LogP contribution < -0.4 is 0 Å². The summed E-state index contributed by atoms with van der Waals surface area (Å²) >= 11 is 0. The number of benzene rings is 1. The SMILES string of the molecule is Cc1ccc(S(=O)(=O)OCCC2CCC3(CC2)OCCO3)cc1. The van der Waals surface area contributed by atoms with Gasteiger partial charge in [0.15, 0.2) is 5.79 Å². The van der Waals surface area contributed by atoms with Gasteiger partial charge in [-0.2, -0.15) is 8.42 Å². The van der Waals surface area contributed by atoms with Crippen LogP contribution in [-0.2, 0) is 23.8 Å². The van der Waals surface area contributed by atoms with E-state index in [0.717, 1.165) is 37.7 Å². The van der Waals surface area contributed by atoms with Gasteiger partial charge in [0.1, 0.15) is 0 Å². The Morgan fingerprint density at radius 1 is 1.13 bits per heavy atom. The Bertz CT molecular complexity index is 607. The van der Waals surface area contributed by atoms with Gasteiger partial charge in [-0.1, -0.05) is 17.7 Å². The second-order valence-electron chi connectivity index (χ2n) is 6.43. The van der Waals surface area contributed by atoms with Crippen molar-refractivity contribution in [3.05, 3.63) is 29.8 Å². The molecule has 0 atom stereocenters. The van der Waals surface area contributed by atoms with Gasteiger partial charge < -0.3 is 9.47 Å². The van der Waals surface area contributed by atoms with Gasteiger partial charge in [-0.3, -0.25) is 4.18 Å². The quantitative estimate of drug-likeness (QED) is 0.771. The lowest BCUT2D eigenvalue weighted by atomic mass is 9.83. The van der Waals surface area contributed by atoms with Crippen LogP contribution in [0.2, 0.25) is 0 Å². The van der Waals surface area contributed by atoms with E-state index in [1.54, 1.807) is 24.3 Å². The summed E-state index contributed by atoms with van der Waals surface area (Å²) in [4.78, 5) is 0.221. The van der Waals surface area contributed by atoms with E-state index in [1.165, 1.54) is 0 Å². The molecular formula is C17H24O5S. The molecule has 0 bridgehead atoms. The molecule has 2 aliphatic rings. The standard InChI is InChI=1S/C17H24O5S/c1-14-2-4-16(5-3-14)23(18,19)22-11-8-15-6-9-17(10-7-15)20-12-13-21-17/h2-5,15H,6-13H2,1H3. The van der Waals surface area contributed by atoms with Crippen molar-refractivity contribution in [1.29, 1.82) is 0 Å². The Labute approximate surface area is 138 Å². The van der Waals surface area contributed by atoms with E-state index in [4.69, 9.17) is 13.7 Å². The predicted molar refractivity (Wildman–Crippen MR) is 85.5 cm³/mol. The van der Waals surface area contributed by atoms with E-state index < -0.39 is 10.1 Å². The highest BCUT2D eigenvalue weighted by Gasteiger charge is 2.40. The lowest BCUT2D eigenvalue weighted by Gasteiger charge is -2.35. The molecule has 1 saturated heterocycles. The highest BCUT2D eigenvalue weighted by molar-refractivity contribution is 7.86. The zero-order chi connectivity index (χ0) is 16.3. The second-order valence-corrected chi connectivity index (χ2v) is 8.04. The van der Waals surface area contributed by atoms with Crippen molar-refractivity contribution in [3.63, 3.8) is 0 Å². The first-order valence-corrected chi connectivity index (χ1v) is 9.64. The van der Waals surface area contributed by atoms with Gasteiger partial charge in [-0.05, 0) is 44.2 Å². The largest absolute Gasteiger partial charge is 0.348 e. The molecule has 1 heterocycles. The van der Waals surface area contributed by atoms with Gasteiger partial charge in [0.25, 0.3) is 10.1 Å². The van der Waals surface area contributed by atoms with E-state index in [9.17, 15) is 8.42 Å². The molecule has 1 aliphatic heterocycles. The normalized spacial score (nSPS) is 21.8. The van der Waals surface area contributed by atoms with Crippen LogP contribution in [0.3, 0.4) is 0 Å². The summed E-state index contributed by atoms with van der Waals surface area (Å²) in [5.74, 6) is 0.118. The maximum absolute atomic E-state index is 12.1. The van der Waals surface area contributed by atoms with Crippen molar-refractivity contribution in [2.75, 3.05) is 19.8 Å². The molecule has 0 N–H and O–H groups in total. The van der Waals surface area contributed by atoms with Crippen LogP contribution in [0.5, 0.6) is 0 Å². The minimum absolute atomic E-state index is 0.221. The van der Waals surface area contributed by atoms with Crippen LogP contribution >= 0.6 is 0 Å². The Morgan fingerprint density at radius 2 is 1.74 bits per heavy atom. The highest BCUT2D eigenvalue weighted by Crippen LogP contribution is 2.39. The second kappa shape index (κ2) is 6.89. The van der Waals surface area contributed by atoms with Crippen LogP contribution in [0.4, 0.5) is 0 Å². The first kappa shape index (κ1) is 16.9. The number of hydrogen-bond donors (Lipinski definition) is 0. The van der Waals surface area contributed by atoms with Gasteiger partial charge in [0.2, 0.25) is 0 Å². The Morgan fingerprint density at radius 3 is 2.35 bits per heavy atom. The number of hydrogen-bond acceptors (Lipinski definition) is 5. The average Bonchev–Trinajstić information content (AvgIpc) is 2.98. The summed E-state index contributed by atoms with van der Waals surface area (Å²) in [6.45, 7) is 3.52. The third-order valence-electron chi connectivity index (χ3n) is 4.75. The number of rotatable bonds is 5. The van der Waals surface area contributed by atoms with Crippen LogP contribution in [0.25, 0.3) is 0 Å². The molecule has 1 spiro atoms. The molecule has 1 saturated carbocycles. The molecule has 23 heavy (non-hydrogen) atoms. The fourth-order valence-corrected chi connectivity index (χ4v) is 4.21. The summed E-state index contributed by atoms with van der Waals surface area (Å²) in [5.41, 5.74) is 1.02. The Hall–Kier alpha value is -0.950. The molecule has 1 aliphatic carbocycles. The van der Waals surface area contributed by atoms with E-state index >= 15 is 0 Å². The monoisotopic (exact) mass is 340 g/mol. The van der Waals surface area contributed by atoms with E-state index in [2.05, 4.69) is 0 Å². The molecule has 2 fully saturated rings. The van der Waals surface area contributed by atoms with E-state index in [1.807, 2.05) is 6.92 Å². The van der Waals surface area contributed by atoms with Crippen molar-refractivity contribution >= 4 is 10.1 Å². The third kappa shape index (κ3) is 4.12. The Kier molecular flexibility index (Phi) is 5.06. The summed E-state index contributed by atoms with van der Waals surface area (Å²) in [6.07, 6.45) is 4.52. The maximum Gasteiger partial charge on any atom is 0.296 e. The van der Waals surface area contributed by atoms with Crippen LogP contribution in [0.1, 0.15) is 37.7 Å². The number of aryl methyl sites for hydroxylation is 1.